The summed E-state index contributed by atoms with van der Waals surface area (Å²) in [5, 5.41) is 10.1. The van der Waals surface area contributed by atoms with Gasteiger partial charge in [-0.2, -0.15) is 5.10 Å². The normalized spacial score (nSPS) is 11.6. The smallest absolute Gasteiger partial charge is 0.222 e. The van der Waals surface area contributed by atoms with Crippen LogP contribution in [0.3, 0.4) is 0 Å². The molecule has 0 radical (unpaired) electrons. The van der Waals surface area contributed by atoms with Crippen LogP contribution in [0, 0.1) is 0 Å². The molecule has 144 valence electrons. The second-order valence-electron chi connectivity index (χ2n) is 6.60. The molecule has 6 nitrogen and oxygen atoms in total. The van der Waals surface area contributed by atoms with Gasteiger partial charge in [-0.15, -0.1) is 0 Å². The zero-order valence-corrected chi connectivity index (χ0v) is 15.8. The molecule has 0 bridgehead atoms. The monoisotopic (exact) mass is 376 g/mol. The fraction of sp³-hybridized carbons (Fsp3) is 0.227. The average Bonchev–Trinajstić information content (AvgIpc) is 3.17. The van der Waals surface area contributed by atoms with Crippen molar-refractivity contribution < 1.29 is 9.59 Å². The summed E-state index contributed by atoms with van der Waals surface area (Å²) in [6.07, 6.45) is 4.66. The van der Waals surface area contributed by atoms with Crippen molar-refractivity contribution in [1.29, 1.82) is 0 Å². The quantitative estimate of drug-likeness (QED) is 0.635. The molecule has 0 fully saturated rings. The van der Waals surface area contributed by atoms with Gasteiger partial charge >= 0.3 is 0 Å². The van der Waals surface area contributed by atoms with Crippen LogP contribution in [0.1, 0.15) is 30.5 Å². The second-order valence-corrected chi connectivity index (χ2v) is 6.60. The second kappa shape index (κ2) is 9.50. The Morgan fingerprint density at radius 2 is 1.71 bits per heavy atom. The maximum Gasteiger partial charge on any atom is 0.222 e. The van der Waals surface area contributed by atoms with Crippen LogP contribution in [0.5, 0.6) is 0 Å². The van der Waals surface area contributed by atoms with Crippen LogP contribution in [0.15, 0.2) is 73.1 Å². The number of amides is 2. The Morgan fingerprint density at radius 3 is 2.39 bits per heavy atom. The number of carbonyl (C=O) groups is 2. The molecule has 2 amide bonds. The molecule has 0 saturated carbocycles. The highest BCUT2D eigenvalue weighted by Gasteiger charge is 2.16. The number of nitrogens with zero attached hydrogens (tertiary/aromatic N) is 2. The van der Waals surface area contributed by atoms with E-state index >= 15 is 0 Å². The zero-order chi connectivity index (χ0) is 19.8. The van der Waals surface area contributed by atoms with Crippen LogP contribution >= 0.6 is 0 Å². The predicted octanol–water partition coefficient (Wildman–Crippen LogP) is 2.80. The molecule has 0 unspecified atom stereocenters. The maximum atomic E-state index is 12.3. The van der Waals surface area contributed by atoms with Crippen LogP contribution in [0.25, 0.3) is 5.69 Å². The Hall–Kier alpha value is -3.41. The number of carbonyl (C=O) groups excluding carboxylic acids is 2. The molecule has 1 heterocycles. The van der Waals surface area contributed by atoms with Gasteiger partial charge in [0.05, 0.1) is 24.3 Å². The SMILES string of the molecule is CC(=O)N[C@H](CC(=O)NCCc1cnn(-c2ccccc2)c1)c1ccccc1. The molecule has 0 saturated heterocycles. The Kier molecular flexibility index (Phi) is 6.57. The van der Waals surface area contributed by atoms with E-state index in [0.717, 1.165) is 16.8 Å². The van der Waals surface area contributed by atoms with Gasteiger partial charge in [-0.05, 0) is 29.7 Å². The van der Waals surface area contributed by atoms with Crippen molar-refractivity contribution in [2.75, 3.05) is 6.54 Å². The molecule has 6 heteroatoms. The highest BCUT2D eigenvalue weighted by molar-refractivity contribution is 5.79. The minimum absolute atomic E-state index is 0.0990. The van der Waals surface area contributed by atoms with Crippen LogP contribution < -0.4 is 10.6 Å². The standard InChI is InChI=1S/C22H24N4O2/c1-17(27)25-21(19-8-4-2-5-9-19)14-22(28)23-13-12-18-15-24-26(16-18)20-10-6-3-7-11-20/h2-11,15-16,21H,12-14H2,1H3,(H,23,28)(H,25,27)/t21-/m1/s1. The van der Waals surface area contributed by atoms with Crippen LogP contribution in [0.4, 0.5) is 0 Å². The molecule has 1 atom stereocenters. The van der Waals surface area contributed by atoms with Crippen molar-refractivity contribution in [3.05, 3.63) is 84.2 Å². The summed E-state index contributed by atoms with van der Waals surface area (Å²) in [6, 6.07) is 19.1. The number of hydrogen-bond donors (Lipinski definition) is 2. The van der Waals surface area contributed by atoms with E-state index in [1.54, 1.807) is 0 Å². The third-order valence-corrected chi connectivity index (χ3v) is 4.36. The lowest BCUT2D eigenvalue weighted by Crippen LogP contribution is -2.33. The van der Waals surface area contributed by atoms with Crippen molar-refractivity contribution in [2.45, 2.75) is 25.8 Å². The summed E-state index contributed by atoms with van der Waals surface area (Å²) in [5.41, 5.74) is 2.96. The summed E-state index contributed by atoms with van der Waals surface area (Å²) in [4.78, 5) is 23.8. The number of aromatic nitrogens is 2. The van der Waals surface area contributed by atoms with Crippen molar-refractivity contribution in [1.82, 2.24) is 20.4 Å². The molecule has 2 N–H and O–H groups in total. The molecule has 1 aromatic heterocycles. The summed E-state index contributed by atoms with van der Waals surface area (Å²) in [5.74, 6) is -0.256. The largest absolute Gasteiger partial charge is 0.356 e. The van der Waals surface area contributed by atoms with Crippen molar-refractivity contribution in [2.24, 2.45) is 0 Å². The molecule has 0 aliphatic rings. The van der Waals surface area contributed by atoms with Crippen LogP contribution in [-0.4, -0.2) is 28.1 Å². The van der Waals surface area contributed by atoms with E-state index in [1.165, 1.54) is 6.92 Å². The molecule has 0 aliphatic carbocycles. The number of hydrogen-bond acceptors (Lipinski definition) is 3. The lowest BCUT2D eigenvalue weighted by Gasteiger charge is -2.18. The Bertz CT molecular complexity index is 907. The molecule has 0 aliphatic heterocycles. The van der Waals surface area contributed by atoms with E-state index in [4.69, 9.17) is 0 Å². The number of para-hydroxylation sites is 1. The first kappa shape index (κ1) is 19.4. The summed E-state index contributed by atoms with van der Waals surface area (Å²) >= 11 is 0. The minimum Gasteiger partial charge on any atom is -0.356 e. The third kappa shape index (κ3) is 5.54. The molecular weight excluding hydrogens is 352 g/mol. The fourth-order valence-corrected chi connectivity index (χ4v) is 3.00. The molecular formula is C22H24N4O2. The first-order valence-electron chi connectivity index (χ1n) is 9.29. The van der Waals surface area contributed by atoms with Gasteiger partial charge in [0.2, 0.25) is 11.8 Å². The molecule has 3 rings (SSSR count). The van der Waals surface area contributed by atoms with Gasteiger partial charge in [0.1, 0.15) is 0 Å². The number of nitrogens with one attached hydrogen (secondary N) is 2. The van der Waals surface area contributed by atoms with E-state index in [9.17, 15) is 9.59 Å². The number of rotatable bonds is 8. The van der Waals surface area contributed by atoms with Gasteiger partial charge in [0.25, 0.3) is 0 Å². The first-order chi connectivity index (χ1) is 13.6. The van der Waals surface area contributed by atoms with Crippen molar-refractivity contribution in [3.63, 3.8) is 0 Å². The molecule has 3 aromatic rings. The van der Waals surface area contributed by atoms with E-state index in [2.05, 4.69) is 15.7 Å². The third-order valence-electron chi connectivity index (χ3n) is 4.36. The van der Waals surface area contributed by atoms with Crippen molar-refractivity contribution >= 4 is 11.8 Å². The lowest BCUT2D eigenvalue weighted by molar-refractivity contribution is -0.122. The van der Waals surface area contributed by atoms with E-state index in [0.29, 0.717) is 13.0 Å². The maximum absolute atomic E-state index is 12.3. The van der Waals surface area contributed by atoms with E-state index < -0.39 is 0 Å². The summed E-state index contributed by atoms with van der Waals surface area (Å²) in [6.45, 7) is 1.97. The van der Waals surface area contributed by atoms with E-state index in [-0.39, 0.29) is 24.3 Å². The molecule has 0 spiro atoms. The topological polar surface area (TPSA) is 76.0 Å². The van der Waals surface area contributed by atoms with E-state index in [1.807, 2.05) is 77.7 Å². The van der Waals surface area contributed by atoms with Gasteiger partial charge in [-0.3, -0.25) is 9.59 Å². The predicted molar refractivity (Wildman–Crippen MR) is 108 cm³/mol. The lowest BCUT2D eigenvalue weighted by atomic mass is 10.0. The Balaban J connectivity index is 1.51. The van der Waals surface area contributed by atoms with Gasteiger partial charge < -0.3 is 10.6 Å². The fourth-order valence-electron chi connectivity index (χ4n) is 3.00. The summed E-state index contributed by atoms with van der Waals surface area (Å²) in [7, 11) is 0. The van der Waals surface area contributed by atoms with Crippen LogP contribution in [-0.2, 0) is 16.0 Å². The van der Waals surface area contributed by atoms with Gasteiger partial charge in [-0.25, -0.2) is 4.68 Å². The highest BCUT2D eigenvalue weighted by atomic mass is 16.2. The Morgan fingerprint density at radius 1 is 1.04 bits per heavy atom. The molecule has 28 heavy (non-hydrogen) atoms. The van der Waals surface area contributed by atoms with Crippen LogP contribution in [0.2, 0.25) is 0 Å². The zero-order valence-electron chi connectivity index (χ0n) is 15.8. The number of benzene rings is 2. The first-order valence-corrected chi connectivity index (χ1v) is 9.29. The summed E-state index contributed by atoms with van der Waals surface area (Å²) < 4.78 is 1.82. The van der Waals surface area contributed by atoms with Gasteiger partial charge in [-0.1, -0.05) is 48.5 Å². The van der Waals surface area contributed by atoms with Gasteiger partial charge in [0, 0.05) is 19.7 Å². The average molecular weight is 376 g/mol. The Labute approximate surface area is 164 Å². The highest BCUT2D eigenvalue weighted by Crippen LogP contribution is 2.16. The molecule has 2 aromatic carbocycles. The van der Waals surface area contributed by atoms with Gasteiger partial charge in [0.15, 0.2) is 0 Å². The van der Waals surface area contributed by atoms with Crippen molar-refractivity contribution in [3.8, 4) is 5.69 Å². The minimum atomic E-state index is -0.334.